The lowest BCUT2D eigenvalue weighted by Crippen LogP contribution is -2.35. The normalized spacial score (nSPS) is 22.9. The summed E-state index contributed by atoms with van der Waals surface area (Å²) in [6.07, 6.45) is 3.66. The van der Waals surface area contributed by atoms with Gasteiger partial charge >= 0.3 is 0 Å². The van der Waals surface area contributed by atoms with Crippen molar-refractivity contribution >= 4 is 20.0 Å². The summed E-state index contributed by atoms with van der Waals surface area (Å²) in [6.45, 7) is 3.24. The summed E-state index contributed by atoms with van der Waals surface area (Å²) in [5.41, 5.74) is 0.636. The molecule has 1 aliphatic carbocycles. The second-order valence-corrected chi connectivity index (χ2v) is 9.00. The van der Waals surface area contributed by atoms with Crippen LogP contribution in [-0.4, -0.2) is 26.1 Å². The molecular formula is C14H16O5S2. The monoisotopic (exact) mass is 328 g/mol. The first-order chi connectivity index (χ1) is 9.58. The first-order valence-corrected chi connectivity index (χ1v) is 9.17. The highest BCUT2D eigenvalue weighted by molar-refractivity contribution is 7.93. The van der Waals surface area contributed by atoms with Gasteiger partial charge < -0.3 is 0 Å². The van der Waals surface area contributed by atoms with E-state index >= 15 is 0 Å². The van der Waals surface area contributed by atoms with Crippen LogP contribution in [0.4, 0.5) is 0 Å². The summed E-state index contributed by atoms with van der Waals surface area (Å²) < 4.78 is 55.4. The Morgan fingerprint density at radius 1 is 1.14 bits per heavy atom. The Bertz CT molecular complexity index is 832. The van der Waals surface area contributed by atoms with Crippen LogP contribution in [0.3, 0.4) is 0 Å². The highest BCUT2D eigenvalue weighted by atomic mass is 32.2. The van der Waals surface area contributed by atoms with Crippen molar-refractivity contribution in [3.8, 4) is 0 Å². The summed E-state index contributed by atoms with van der Waals surface area (Å²) in [5.74, 6) is 0. The Labute approximate surface area is 124 Å². The Morgan fingerprint density at radius 2 is 1.76 bits per heavy atom. The predicted molar refractivity (Wildman–Crippen MR) is 80.2 cm³/mol. The molecule has 0 aliphatic heterocycles. The molecule has 0 saturated heterocycles. The zero-order valence-electron chi connectivity index (χ0n) is 11.6. The Morgan fingerprint density at radius 3 is 2.24 bits per heavy atom. The van der Waals surface area contributed by atoms with Crippen molar-refractivity contribution in [1.29, 1.82) is 0 Å². The molecule has 0 saturated carbocycles. The van der Waals surface area contributed by atoms with Gasteiger partial charge in [-0.3, -0.25) is 4.55 Å². The number of benzene rings is 1. The van der Waals surface area contributed by atoms with E-state index in [4.69, 9.17) is 4.55 Å². The van der Waals surface area contributed by atoms with E-state index in [0.29, 0.717) is 5.56 Å². The minimum Gasteiger partial charge on any atom is -0.282 e. The molecule has 0 aromatic heterocycles. The first kappa shape index (κ1) is 15.9. The fourth-order valence-corrected chi connectivity index (χ4v) is 4.53. The molecule has 21 heavy (non-hydrogen) atoms. The second-order valence-electron chi connectivity index (χ2n) is 5.20. The molecule has 5 nitrogen and oxygen atoms in total. The SMILES string of the molecule is Cc1ccccc1S(=O)(=O)C1(C)C=CC(S(=O)(=O)O)=CC1. The van der Waals surface area contributed by atoms with Crippen molar-refractivity contribution in [2.75, 3.05) is 0 Å². The average molecular weight is 328 g/mol. The molecule has 0 heterocycles. The van der Waals surface area contributed by atoms with Crippen molar-refractivity contribution in [3.63, 3.8) is 0 Å². The molecule has 0 radical (unpaired) electrons. The van der Waals surface area contributed by atoms with Crippen molar-refractivity contribution in [3.05, 3.63) is 53.0 Å². The smallest absolute Gasteiger partial charge is 0.282 e. The molecule has 1 aliphatic rings. The lowest BCUT2D eigenvalue weighted by molar-refractivity contribution is 0.491. The maximum Gasteiger partial charge on any atom is 0.294 e. The van der Waals surface area contributed by atoms with E-state index in [2.05, 4.69) is 0 Å². The van der Waals surface area contributed by atoms with Gasteiger partial charge in [-0.25, -0.2) is 8.42 Å². The summed E-state index contributed by atoms with van der Waals surface area (Å²) in [4.78, 5) is -0.0548. The van der Waals surface area contributed by atoms with Gasteiger partial charge in [0, 0.05) is 0 Å². The van der Waals surface area contributed by atoms with E-state index in [9.17, 15) is 16.8 Å². The number of hydrogen-bond donors (Lipinski definition) is 1. The van der Waals surface area contributed by atoms with Gasteiger partial charge in [-0.1, -0.05) is 30.4 Å². The van der Waals surface area contributed by atoms with Crippen LogP contribution in [-0.2, 0) is 20.0 Å². The first-order valence-electron chi connectivity index (χ1n) is 6.25. The number of aryl methyl sites for hydroxylation is 1. The zero-order chi connectivity index (χ0) is 15.9. The highest BCUT2D eigenvalue weighted by Crippen LogP contribution is 2.35. The molecule has 114 valence electrons. The largest absolute Gasteiger partial charge is 0.294 e. The van der Waals surface area contributed by atoms with E-state index in [-0.39, 0.29) is 16.2 Å². The number of rotatable bonds is 3. The van der Waals surface area contributed by atoms with E-state index < -0.39 is 24.7 Å². The molecule has 0 spiro atoms. The van der Waals surface area contributed by atoms with Crippen LogP contribution in [0.15, 0.2) is 52.3 Å². The lowest BCUT2D eigenvalue weighted by Gasteiger charge is -2.28. The number of allylic oxidation sites excluding steroid dienone is 2. The van der Waals surface area contributed by atoms with Crippen LogP contribution in [0.5, 0.6) is 0 Å². The van der Waals surface area contributed by atoms with Crippen LogP contribution in [0.25, 0.3) is 0 Å². The molecule has 1 unspecified atom stereocenters. The molecule has 0 amide bonds. The minimum atomic E-state index is -4.31. The maximum absolute atomic E-state index is 12.8. The standard InChI is InChI=1S/C14H16O5S2/c1-11-5-3-4-6-13(11)20(15,16)14(2)9-7-12(8-10-14)21(17,18)19/h3-9H,10H2,1-2H3,(H,17,18,19). The van der Waals surface area contributed by atoms with Crippen molar-refractivity contribution in [2.24, 2.45) is 0 Å². The van der Waals surface area contributed by atoms with Crippen molar-refractivity contribution < 1.29 is 21.4 Å². The molecule has 1 aromatic rings. The molecule has 1 aromatic carbocycles. The number of hydrogen-bond acceptors (Lipinski definition) is 4. The summed E-state index contributed by atoms with van der Waals surface area (Å²) in [6, 6.07) is 6.65. The molecular weight excluding hydrogens is 312 g/mol. The maximum atomic E-state index is 12.8. The van der Waals surface area contributed by atoms with E-state index in [1.807, 2.05) is 0 Å². The van der Waals surface area contributed by atoms with Gasteiger partial charge in [0.2, 0.25) is 0 Å². The summed E-state index contributed by atoms with van der Waals surface area (Å²) in [7, 11) is -7.98. The average Bonchev–Trinajstić information content (AvgIpc) is 2.38. The van der Waals surface area contributed by atoms with Gasteiger partial charge in [0.25, 0.3) is 10.1 Å². The van der Waals surface area contributed by atoms with Crippen LogP contribution in [0, 0.1) is 6.92 Å². The topological polar surface area (TPSA) is 88.5 Å². The van der Waals surface area contributed by atoms with Crippen LogP contribution in [0.2, 0.25) is 0 Å². The fraction of sp³-hybridized carbons (Fsp3) is 0.286. The molecule has 1 atom stereocenters. The van der Waals surface area contributed by atoms with Gasteiger partial charge in [-0.15, -0.1) is 0 Å². The molecule has 2 rings (SSSR count). The lowest BCUT2D eigenvalue weighted by atomic mass is 10.0. The van der Waals surface area contributed by atoms with Gasteiger partial charge in [0.15, 0.2) is 9.84 Å². The number of sulfone groups is 1. The Hall–Kier alpha value is -1.44. The quantitative estimate of drug-likeness (QED) is 0.860. The summed E-state index contributed by atoms with van der Waals surface area (Å²) in [5, 5.41) is 0. The molecule has 0 bridgehead atoms. The van der Waals surface area contributed by atoms with E-state index in [1.54, 1.807) is 25.1 Å². The molecule has 7 heteroatoms. The third-order valence-corrected chi connectivity index (χ3v) is 7.07. The Balaban J connectivity index is 2.47. The van der Waals surface area contributed by atoms with Crippen molar-refractivity contribution in [1.82, 2.24) is 0 Å². The third kappa shape index (κ3) is 2.81. The van der Waals surface area contributed by atoms with Gasteiger partial charge in [-0.2, -0.15) is 8.42 Å². The third-order valence-electron chi connectivity index (χ3n) is 3.60. The van der Waals surface area contributed by atoms with Crippen LogP contribution in [0.1, 0.15) is 18.9 Å². The Kier molecular flexibility index (Phi) is 3.86. The zero-order valence-corrected chi connectivity index (χ0v) is 13.3. The van der Waals surface area contributed by atoms with Gasteiger partial charge in [0.1, 0.15) is 0 Å². The van der Waals surface area contributed by atoms with Gasteiger partial charge in [-0.05, 0) is 38.0 Å². The second kappa shape index (κ2) is 5.08. The van der Waals surface area contributed by atoms with Crippen LogP contribution < -0.4 is 0 Å². The van der Waals surface area contributed by atoms with Crippen molar-refractivity contribution in [2.45, 2.75) is 29.9 Å². The van der Waals surface area contributed by atoms with E-state index in [0.717, 1.165) is 6.08 Å². The fourth-order valence-electron chi connectivity index (χ4n) is 2.20. The van der Waals surface area contributed by atoms with Crippen LogP contribution >= 0.6 is 0 Å². The summed E-state index contributed by atoms with van der Waals surface area (Å²) >= 11 is 0. The minimum absolute atomic E-state index is 0.0186. The molecule has 1 N–H and O–H groups in total. The highest BCUT2D eigenvalue weighted by Gasteiger charge is 2.40. The molecule has 0 fully saturated rings. The predicted octanol–water partition coefficient (Wildman–Crippen LogP) is 2.26. The van der Waals surface area contributed by atoms with Gasteiger partial charge in [0.05, 0.1) is 14.5 Å². The van der Waals surface area contributed by atoms with E-state index in [1.165, 1.54) is 25.1 Å².